The van der Waals surface area contributed by atoms with E-state index in [1.54, 1.807) is 24.1 Å². The Morgan fingerprint density at radius 3 is 2.25 bits per heavy atom. The number of benzene rings is 2. The van der Waals surface area contributed by atoms with Crippen molar-refractivity contribution in [2.24, 2.45) is 0 Å². The number of carbonyl (C=O) groups excluding carboxylic acids is 2. The molecule has 2 fully saturated rings. The van der Waals surface area contributed by atoms with Crippen LogP contribution in [0.1, 0.15) is 63.4 Å². The molecule has 3 atom stereocenters. The van der Waals surface area contributed by atoms with E-state index in [-0.39, 0.29) is 76.7 Å². The summed E-state index contributed by atoms with van der Waals surface area (Å²) in [7, 11) is 1.68. The number of rotatable bonds is 22. The second-order valence-electron chi connectivity index (χ2n) is 14.1. The Morgan fingerprint density at radius 1 is 0.860 bits per heavy atom. The third-order valence-corrected chi connectivity index (χ3v) is 10.2. The molecule has 0 bridgehead atoms. The summed E-state index contributed by atoms with van der Waals surface area (Å²) in [4.78, 5) is 39.8. The van der Waals surface area contributed by atoms with Crippen LogP contribution in [0.4, 0.5) is 5.69 Å². The Balaban J connectivity index is 1.32. The first kappa shape index (κ1) is 44.7. The average Bonchev–Trinajstić information content (AvgIpc) is 3.19. The third-order valence-electron chi connectivity index (χ3n) is 9.95. The topological polar surface area (TPSA) is 202 Å². The van der Waals surface area contributed by atoms with Crippen molar-refractivity contribution in [1.29, 1.82) is 0 Å². The fourth-order valence-electron chi connectivity index (χ4n) is 7.16. The van der Waals surface area contributed by atoms with Gasteiger partial charge in [-0.15, -0.1) is 0 Å². The number of methoxy groups -OCH3 is 1. The highest BCUT2D eigenvalue weighted by Gasteiger charge is 2.44. The van der Waals surface area contributed by atoms with Crippen molar-refractivity contribution in [3.63, 3.8) is 0 Å². The predicted molar refractivity (Wildman–Crippen MR) is 200 cm³/mol. The molecule has 0 radical (unpaired) electrons. The zero-order valence-corrected chi connectivity index (χ0v) is 33.0. The SMILES string of the molecule is COCCCN1CCOc2ccc(COC3CN(C(=O)CCCON(O)O)CC(OC(=O)CCCON(O)O)C3OC3CCC(Oc4ccc(Cl)cc4)CC3)cc21. The number of ether oxygens (including phenoxy) is 6. The van der Waals surface area contributed by atoms with Crippen LogP contribution in [0.5, 0.6) is 11.5 Å². The van der Waals surface area contributed by atoms with Gasteiger partial charge in [0, 0.05) is 44.7 Å². The molecule has 4 N–H and O–H groups in total. The molecule has 318 valence electrons. The number of carbonyl (C=O) groups is 2. The van der Waals surface area contributed by atoms with E-state index >= 15 is 0 Å². The number of hydrogen-bond acceptors (Lipinski definition) is 17. The number of esters is 1. The molecule has 3 unspecified atom stereocenters. The molecule has 0 spiro atoms. The second kappa shape index (κ2) is 23.3. The van der Waals surface area contributed by atoms with Gasteiger partial charge in [-0.2, -0.15) is 0 Å². The summed E-state index contributed by atoms with van der Waals surface area (Å²) in [5.74, 6) is 0.661. The van der Waals surface area contributed by atoms with Gasteiger partial charge in [-0.1, -0.05) is 17.7 Å². The van der Waals surface area contributed by atoms with Gasteiger partial charge in [-0.05, 0) is 86.9 Å². The molecule has 5 rings (SSSR count). The van der Waals surface area contributed by atoms with E-state index in [0.717, 1.165) is 55.1 Å². The molecule has 2 heterocycles. The lowest BCUT2D eigenvalue weighted by Crippen LogP contribution is -2.60. The van der Waals surface area contributed by atoms with Gasteiger partial charge in [0.2, 0.25) is 5.91 Å². The average molecular weight is 827 g/mol. The summed E-state index contributed by atoms with van der Waals surface area (Å²) in [5.41, 5.74) is 1.83. The lowest BCUT2D eigenvalue weighted by Gasteiger charge is -2.44. The van der Waals surface area contributed by atoms with E-state index < -0.39 is 35.1 Å². The highest BCUT2D eigenvalue weighted by atomic mass is 35.5. The number of halogens is 1. The van der Waals surface area contributed by atoms with Gasteiger partial charge in [0.1, 0.15) is 36.4 Å². The minimum atomic E-state index is -0.911. The smallest absolute Gasteiger partial charge is 0.306 e. The Hall–Kier alpha value is -3.37. The first-order valence-electron chi connectivity index (χ1n) is 19.4. The zero-order valence-electron chi connectivity index (χ0n) is 32.2. The summed E-state index contributed by atoms with van der Waals surface area (Å²) >= 11 is 6.05. The largest absolute Gasteiger partial charge is 0.490 e. The highest BCUT2D eigenvalue weighted by Crippen LogP contribution is 2.34. The summed E-state index contributed by atoms with van der Waals surface area (Å²) in [6.45, 7) is 2.83. The van der Waals surface area contributed by atoms with Crippen molar-refractivity contribution in [3.05, 3.63) is 53.1 Å². The Labute approximate surface area is 336 Å². The predicted octanol–water partition coefficient (Wildman–Crippen LogP) is 4.57. The van der Waals surface area contributed by atoms with Crippen LogP contribution in [-0.2, 0) is 44.8 Å². The number of amides is 1. The minimum absolute atomic E-state index is 0.0167. The van der Waals surface area contributed by atoms with Gasteiger partial charge >= 0.3 is 5.97 Å². The van der Waals surface area contributed by atoms with Crippen molar-refractivity contribution in [3.8, 4) is 11.5 Å². The molecule has 18 nitrogen and oxygen atoms in total. The van der Waals surface area contributed by atoms with Crippen molar-refractivity contribution in [2.75, 3.05) is 64.6 Å². The normalized spacial score (nSPS) is 22.4. The standard InChI is InChI=1S/C38H55ClN4O14/c1-50-19-4-17-40-18-22-51-33-16-7-27(23-32(33)40)26-52-34-24-41(36(44)5-2-20-53-42(46)47)25-35(57-37(45)6-3-21-54-43(48)49)38(34)56-31-14-12-30(13-15-31)55-29-10-8-28(39)9-11-29/h7-11,16,23,30-31,34-35,38,46-49H,2-6,12-15,17-22,24-26H2,1H3. The van der Waals surface area contributed by atoms with E-state index in [1.807, 2.05) is 30.3 Å². The number of nitrogens with zero attached hydrogens (tertiary/aromatic N) is 4. The van der Waals surface area contributed by atoms with Gasteiger partial charge in [0.05, 0.1) is 61.6 Å². The van der Waals surface area contributed by atoms with E-state index in [4.69, 9.17) is 60.9 Å². The maximum absolute atomic E-state index is 13.6. The number of piperidine rings is 1. The number of fused-ring (bicyclic) bond motifs is 1. The number of hydrogen-bond donors (Lipinski definition) is 4. The second-order valence-corrected chi connectivity index (χ2v) is 14.5. The summed E-state index contributed by atoms with van der Waals surface area (Å²) in [6, 6.07) is 13.1. The first-order chi connectivity index (χ1) is 27.6. The lowest BCUT2D eigenvalue weighted by atomic mass is 9.93. The molecule has 1 saturated heterocycles. The van der Waals surface area contributed by atoms with Gasteiger partial charge in [-0.25, -0.2) is 0 Å². The summed E-state index contributed by atoms with van der Waals surface area (Å²) in [6.07, 6.45) is 1.32. The molecule has 1 saturated carbocycles. The molecule has 2 aromatic carbocycles. The van der Waals surface area contributed by atoms with Crippen LogP contribution in [0.15, 0.2) is 42.5 Å². The summed E-state index contributed by atoms with van der Waals surface area (Å²) < 4.78 is 36.9. The maximum Gasteiger partial charge on any atom is 0.306 e. The van der Waals surface area contributed by atoms with Crippen LogP contribution >= 0.6 is 11.6 Å². The molecule has 2 aliphatic heterocycles. The fourth-order valence-corrected chi connectivity index (χ4v) is 7.29. The number of likely N-dealkylation sites (tertiary alicyclic amines) is 1. The van der Waals surface area contributed by atoms with Gasteiger partial charge in [0.15, 0.2) is 0 Å². The van der Waals surface area contributed by atoms with E-state index in [1.165, 1.54) is 0 Å². The first-order valence-corrected chi connectivity index (χ1v) is 19.7. The van der Waals surface area contributed by atoms with Gasteiger partial charge < -0.3 is 38.2 Å². The molecule has 1 aliphatic carbocycles. The minimum Gasteiger partial charge on any atom is -0.490 e. The molecule has 57 heavy (non-hydrogen) atoms. The fraction of sp³-hybridized carbons (Fsp3) is 0.632. The quantitative estimate of drug-likeness (QED) is 0.0730. The molecule has 3 aliphatic rings. The Bertz CT molecular complexity index is 1520. The molecule has 1 amide bonds. The van der Waals surface area contributed by atoms with Crippen molar-refractivity contribution >= 4 is 29.2 Å². The third kappa shape index (κ3) is 14.8. The molecule has 2 aromatic rings. The molecule has 0 aromatic heterocycles. The van der Waals surface area contributed by atoms with Crippen LogP contribution in [0.25, 0.3) is 0 Å². The van der Waals surface area contributed by atoms with Crippen LogP contribution in [0.2, 0.25) is 5.02 Å². The van der Waals surface area contributed by atoms with Gasteiger partial charge in [0.25, 0.3) is 0 Å². The molecule has 19 heteroatoms. The Kier molecular flexibility index (Phi) is 18.3. The van der Waals surface area contributed by atoms with Crippen LogP contribution in [0.3, 0.4) is 0 Å². The van der Waals surface area contributed by atoms with Crippen molar-refractivity contribution < 1.29 is 68.5 Å². The van der Waals surface area contributed by atoms with E-state index in [2.05, 4.69) is 14.6 Å². The van der Waals surface area contributed by atoms with Crippen molar-refractivity contribution in [2.45, 2.75) is 94.9 Å². The van der Waals surface area contributed by atoms with E-state index in [9.17, 15) is 9.59 Å². The van der Waals surface area contributed by atoms with Gasteiger partial charge in [-0.3, -0.25) is 40.1 Å². The van der Waals surface area contributed by atoms with Crippen LogP contribution in [0, 0.1) is 0 Å². The monoisotopic (exact) mass is 826 g/mol. The van der Waals surface area contributed by atoms with Crippen LogP contribution < -0.4 is 14.4 Å². The van der Waals surface area contributed by atoms with Crippen molar-refractivity contribution in [1.82, 2.24) is 15.7 Å². The van der Waals surface area contributed by atoms with E-state index in [0.29, 0.717) is 31.1 Å². The number of anilines is 1. The summed E-state index contributed by atoms with van der Waals surface area (Å²) in [5, 5.41) is 35.3. The molecular formula is C38H55ClN4O14. The zero-order chi connectivity index (χ0) is 40.6. The Morgan fingerprint density at radius 2 is 1.54 bits per heavy atom. The molecular weight excluding hydrogens is 772 g/mol. The van der Waals surface area contributed by atoms with Crippen LogP contribution in [-0.4, -0.2) is 139 Å². The maximum atomic E-state index is 13.6. The lowest BCUT2D eigenvalue weighted by molar-refractivity contribution is -0.492. The highest BCUT2D eigenvalue weighted by molar-refractivity contribution is 6.30.